The van der Waals surface area contributed by atoms with Crippen LogP contribution in [0.4, 0.5) is 10.1 Å². The summed E-state index contributed by atoms with van der Waals surface area (Å²) < 4.78 is 30.4. The number of piperidine rings is 1. The molecule has 8 nitrogen and oxygen atoms in total. The molecule has 1 saturated heterocycles. The number of aliphatic carboxylic acids is 1. The molecule has 2 N–H and O–H groups in total. The van der Waals surface area contributed by atoms with Gasteiger partial charge in [0, 0.05) is 42.9 Å². The molecule has 2 heterocycles. The minimum absolute atomic E-state index is 0.135. The number of hydrogen-bond donors (Lipinski definition) is 2. The lowest BCUT2D eigenvalue weighted by atomic mass is 9.82. The van der Waals surface area contributed by atoms with Gasteiger partial charge in [0.1, 0.15) is 11.6 Å². The van der Waals surface area contributed by atoms with E-state index in [4.69, 9.17) is 24.3 Å². The maximum absolute atomic E-state index is 13.2. The summed E-state index contributed by atoms with van der Waals surface area (Å²) in [6.45, 7) is 17.6. The number of carboxylic acid groups (broad SMARTS) is 1. The zero-order valence-corrected chi connectivity index (χ0v) is 29.2. The van der Waals surface area contributed by atoms with E-state index in [-0.39, 0.29) is 24.3 Å². The Morgan fingerprint density at radius 2 is 1.57 bits per heavy atom. The molecule has 0 aliphatic carbocycles. The molecule has 258 valence electrons. The highest BCUT2D eigenvalue weighted by atomic mass is 19.1. The fraction of sp³-hybridized carbons (Fsp3) is 0.526. The highest BCUT2D eigenvalue weighted by Crippen LogP contribution is 2.42. The largest absolute Gasteiger partial charge is 0.493 e. The van der Waals surface area contributed by atoms with Gasteiger partial charge in [-0.15, -0.1) is 0 Å². The average Bonchev–Trinajstić information content (AvgIpc) is 2.99. The third-order valence-electron chi connectivity index (χ3n) is 7.83. The predicted octanol–water partition coefficient (Wildman–Crippen LogP) is 7.40. The van der Waals surface area contributed by atoms with E-state index in [2.05, 4.69) is 18.7 Å². The lowest BCUT2D eigenvalue weighted by molar-refractivity contribution is -0.136. The van der Waals surface area contributed by atoms with Gasteiger partial charge in [-0.25, -0.2) is 4.39 Å². The third kappa shape index (κ3) is 12.9. The van der Waals surface area contributed by atoms with Gasteiger partial charge in [-0.3, -0.25) is 9.78 Å². The molecule has 0 unspecified atom stereocenters. The zero-order valence-electron chi connectivity index (χ0n) is 29.2. The predicted molar refractivity (Wildman–Crippen MR) is 185 cm³/mol. The summed E-state index contributed by atoms with van der Waals surface area (Å²) in [5.41, 5.74) is 5.80. The van der Waals surface area contributed by atoms with Crippen molar-refractivity contribution in [3.8, 4) is 16.9 Å². The van der Waals surface area contributed by atoms with Crippen molar-refractivity contribution in [3.63, 3.8) is 0 Å². The number of aromatic nitrogens is 1. The molecule has 0 saturated carbocycles. The van der Waals surface area contributed by atoms with E-state index in [1.807, 2.05) is 38.1 Å². The summed E-state index contributed by atoms with van der Waals surface area (Å²) >= 11 is 0. The van der Waals surface area contributed by atoms with E-state index >= 15 is 0 Å². The number of nitrogens with zero attached hydrogens (tertiary/aromatic N) is 2. The second kappa shape index (κ2) is 17.6. The Bertz CT molecular complexity index is 1400. The number of anilines is 1. The molecule has 2 aromatic carbocycles. The summed E-state index contributed by atoms with van der Waals surface area (Å²) in [5.74, 6) is -0.412. The summed E-state index contributed by atoms with van der Waals surface area (Å²) in [6, 6.07) is 14.3. The van der Waals surface area contributed by atoms with Crippen molar-refractivity contribution in [2.75, 3.05) is 44.4 Å². The molecule has 0 atom stereocenters. The Labute approximate surface area is 279 Å². The first-order valence-electron chi connectivity index (χ1n) is 16.5. The van der Waals surface area contributed by atoms with Gasteiger partial charge in [-0.05, 0) is 88.3 Å². The molecular weight excluding hydrogens is 599 g/mol. The number of hydrogen-bond acceptors (Lipinski definition) is 7. The van der Waals surface area contributed by atoms with Gasteiger partial charge in [-0.2, -0.15) is 0 Å². The molecule has 1 aliphatic heterocycles. The van der Waals surface area contributed by atoms with Crippen LogP contribution < -0.4 is 9.64 Å². The summed E-state index contributed by atoms with van der Waals surface area (Å²) in [5, 5.41) is 18.5. The fourth-order valence-corrected chi connectivity index (χ4v) is 5.36. The lowest BCUT2D eigenvalue weighted by Crippen LogP contribution is -2.38. The molecule has 1 fully saturated rings. The quantitative estimate of drug-likeness (QED) is 0.174. The van der Waals surface area contributed by atoms with Crippen LogP contribution in [0.25, 0.3) is 11.1 Å². The first kappa shape index (κ1) is 37.9. The van der Waals surface area contributed by atoms with Crippen molar-refractivity contribution in [1.29, 1.82) is 0 Å². The van der Waals surface area contributed by atoms with Gasteiger partial charge in [0.15, 0.2) is 0 Å². The van der Waals surface area contributed by atoms with Gasteiger partial charge in [0.2, 0.25) is 0 Å². The van der Waals surface area contributed by atoms with Crippen LogP contribution in [0.2, 0.25) is 0 Å². The topological polar surface area (TPSA) is 101 Å². The monoisotopic (exact) mass is 652 g/mol. The van der Waals surface area contributed by atoms with Gasteiger partial charge < -0.3 is 29.3 Å². The Balaban J connectivity index is 0.00000111. The number of carboxylic acids is 1. The van der Waals surface area contributed by atoms with Gasteiger partial charge in [0.25, 0.3) is 0 Å². The molecule has 3 aromatic rings. The first-order chi connectivity index (χ1) is 22.2. The van der Waals surface area contributed by atoms with E-state index in [0.717, 1.165) is 59.8 Å². The number of ether oxygens (including phenoxy) is 3. The number of aryl methyl sites for hydroxylation is 1. The second-order valence-corrected chi connectivity index (χ2v) is 13.7. The van der Waals surface area contributed by atoms with Gasteiger partial charge in [-0.1, -0.05) is 38.1 Å². The van der Waals surface area contributed by atoms with Gasteiger partial charge >= 0.3 is 5.97 Å². The Morgan fingerprint density at radius 1 is 0.979 bits per heavy atom. The molecule has 1 aliphatic rings. The number of pyridine rings is 1. The molecule has 0 radical (unpaired) electrons. The van der Waals surface area contributed by atoms with E-state index in [9.17, 15) is 14.3 Å². The fourth-order valence-electron chi connectivity index (χ4n) is 5.36. The van der Waals surface area contributed by atoms with E-state index in [1.165, 1.54) is 12.1 Å². The van der Waals surface area contributed by atoms with E-state index in [1.54, 1.807) is 32.9 Å². The Morgan fingerprint density at radius 3 is 2.15 bits per heavy atom. The molecule has 0 spiro atoms. The standard InChI is InChI=1S/C34H43FN2O5.C4H10O/c1-5-40-20-21-41-23-30-29(22-31(38)39)33(37-17-15-34(3,4)16-18-37)32(24(2)36-30)26-8-12-28(13-9-26)42-19-14-25-6-10-27(35)11-7-25;1-4(2,3)5/h6-13H,5,14-23H2,1-4H3,(H,38,39);5H,1-3H3. The first-order valence-corrected chi connectivity index (χ1v) is 16.5. The Hall–Kier alpha value is -3.53. The van der Waals surface area contributed by atoms with Crippen molar-refractivity contribution in [2.45, 2.75) is 86.4 Å². The smallest absolute Gasteiger partial charge is 0.307 e. The van der Waals surface area contributed by atoms with E-state index < -0.39 is 11.6 Å². The maximum atomic E-state index is 13.2. The minimum atomic E-state index is -0.898. The highest BCUT2D eigenvalue weighted by Gasteiger charge is 2.31. The number of carbonyl (C=O) groups is 1. The number of halogens is 1. The normalized spacial score (nSPS) is 14.4. The van der Waals surface area contributed by atoms with Crippen LogP contribution in [0.3, 0.4) is 0 Å². The average molecular weight is 653 g/mol. The van der Waals surface area contributed by atoms with Crippen LogP contribution >= 0.6 is 0 Å². The van der Waals surface area contributed by atoms with Crippen molar-refractivity contribution < 1.29 is 33.6 Å². The summed E-state index contributed by atoms with van der Waals surface area (Å²) in [7, 11) is 0. The Kier molecular flexibility index (Phi) is 14.2. The van der Waals surface area contributed by atoms with Crippen LogP contribution in [0.15, 0.2) is 48.5 Å². The van der Waals surface area contributed by atoms with Crippen LogP contribution in [0.5, 0.6) is 5.75 Å². The number of aliphatic hydroxyl groups is 1. The van der Waals surface area contributed by atoms with Crippen LogP contribution in [0.1, 0.15) is 76.9 Å². The molecular formula is C38H53FN2O6. The van der Waals surface area contributed by atoms with Crippen LogP contribution in [0, 0.1) is 18.2 Å². The zero-order chi connectivity index (χ0) is 34.6. The number of benzene rings is 2. The third-order valence-corrected chi connectivity index (χ3v) is 7.83. The molecule has 0 bridgehead atoms. The SMILES string of the molecule is CC(C)(C)O.CCOCCOCc1nc(C)c(-c2ccc(OCCc3ccc(F)cc3)cc2)c(N2CCC(C)(C)CC2)c1CC(=O)O. The molecule has 9 heteroatoms. The maximum Gasteiger partial charge on any atom is 0.307 e. The van der Waals surface area contributed by atoms with Crippen LogP contribution in [-0.4, -0.2) is 66.3 Å². The minimum Gasteiger partial charge on any atom is -0.493 e. The second-order valence-electron chi connectivity index (χ2n) is 13.7. The number of rotatable bonds is 14. The lowest BCUT2D eigenvalue weighted by Gasteiger charge is -2.40. The highest BCUT2D eigenvalue weighted by molar-refractivity contribution is 5.86. The van der Waals surface area contributed by atoms with Crippen molar-refractivity contribution >= 4 is 11.7 Å². The van der Waals surface area contributed by atoms with Crippen LogP contribution in [-0.2, 0) is 33.7 Å². The van der Waals surface area contributed by atoms with Crippen molar-refractivity contribution in [1.82, 2.24) is 4.98 Å². The van der Waals surface area contributed by atoms with Gasteiger partial charge in [0.05, 0.1) is 49.8 Å². The summed E-state index contributed by atoms with van der Waals surface area (Å²) in [4.78, 5) is 19.4. The summed E-state index contributed by atoms with van der Waals surface area (Å²) in [6.07, 6.45) is 2.57. The van der Waals surface area contributed by atoms with Crippen molar-refractivity contribution in [3.05, 3.63) is 76.9 Å². The van der Waals surface area contributed by atoms with E-state index in [0.29, 0.717) is 44.1 Å². The molecule has 1 aromatic heterocycles. The molecule has 0 amide bonds. The molecule has 4 rings (SSSR count). The molecule has 47 heavy (non-hydrogen) atoms. The van der Waals surface area contributed by atoms with Crippen molar-refractivity contribution in [2.24, 2.45) is 5.41 Å².